The number of nitrogen functional groups attached to an aromatic ring is 1. The van der Waals surface area contributed by atoms with Crippen molar-refractivity contribution in [2.75, 3.05) is 0 Å². The first-order valence-corrected chi connectivity index (χ1v) is 7.61. The van der Waals surface area contributed by atoms with Crippen LogP contribution in [-0.2, 0) is 0 Å². The minimum Gasteiger partial charge on any atom is -0.384 e. The van der Waals surface area contributed by atoms with Crippen molar-refractivity contribution in [3.05, 3.63) is 56.5 Å². The van der Waals surface area contributed by atoms with Crippen LogP contribution in [0.4, 0.5) is 0 Å². The van der Waals surface area contributed by atoms with Crippen LogP contribution in [0.25, 0.3) is 0 Å². The molecule has 2 rings (SSSR count). The second kappa shape index (κ2) is 6.18. The molecule has 0 bridgehead atoms. The molecule has 0 aliphatic rings. The first-order valence-electron chi connectivity index (χ1n) is 5.24. The summed E-state index contributed by atoms with van der Waals surface area (Å²) in [5.41, 5.74) is 6.14. The number of amidine groups is 1. The molecule has 0 amide bonds. The number of nitrogens with two attached hydrogens (primary N) is 1. The lowest BCUT2D eigenvalue weighted by atomic mass is 10.2. The lowest BCUT2D eigenvalue weighted by Crippen LogP contribution is -2.11. The Morgan fingerprint density at radius 1 is 1.16 bits per heavy atom. The number of hydrogen-bond acceptors (Lipinski definition) is 2. The highest BCUT2D eigenvalue weighted by Gasteiger charge is 2.07. The van der Waals surface area contributed by atoms with Crippen LogP contribution in [0.5, 0.6) is 0 Å². The van der Waals surface area contributed by atoms with Gasteiger partial charge in [0.1, 0.15) is 5.84 Å². The summed E-state index contributed by atoms with van der Waals surface area (Å²) in [5, 5.41) is 8.73. The molecule has 98 valence electrons. The van der Waals surface area contributed by atoms with E-state index in [1.54, 1.807) is 18.2 Å². The third-order valence-corrected chi connectivity index (χ3v) is 4.73. The van der Waals surface area contributed by atoms with Crippen molar-refractivity contribution >= 4 is 56.7 Å². The molecule has 2 aromatic carbocycles. The first-order chi connectivity index (χ1) is 8.97. The molecule has 0 fully saturated rings. The SMILES string of the molecule is N=C(N)c1ccc(Sc2cc(Cl)ccc2Cl)cc1Br. The molecule has 0 aliphatic carbocycles. The van der Waals surface area contributed by atoms with Gasteiger partial charge in [-0.05, 0) is 52.3 Å². The van der Waals surface area contributed by atoms with Crippen molar-refractivity contribution in [1.82, 2.24) is 0 Å². The van der Waals surface area contributed by atoms with Crippen molar-refractivity contribution in [2.24, 2.45) is 5.73 Å². The molecule has 0 spiro atoms. The molecular weight excluding hydrogens is 367 g/mol. The minimum atomic E-state index is 0.0317. The average molecular weight is 376 g/mol. The Kier molecular flexibility index (Phi) is 4.79. The zero-order valence-corrected chi connectivity index (χ0v) is 13.5. The molecule has 3 N–H and O–H groups in total. The fraction of sp³-hybridized carbons (Fsp3) is 0. The summed E-state index contributed by atoms with van der Waals surface area (Å²) >= 11 is 17.0. The van der Waals surface area contributed by atoms with Gasteiger partial charge in [0.05, 0.1) is 5.02 Å². The predicted octanol–water partition coefficient (Wildman–Crippen LogP) is 5.19. The highest BCUT2D eigenvalue weighted by atomic mass is 79.9. The largest absolute Gasteiger partial charge is 0.384 e. The molecule has 0 aromatic heterocycles. The van der Waals surface area contributed by atoms with E-state index in [-0.39, 0.29) is 5.84 Å². The van der Waals surface area contributed by atoms with Crippen LogP contribution in [0.1, 0.15) is 5.56 Å². The van der Waals surface area contributed by atoms with E-state index >= 15 is 0 Å². The molecule has 6 heteroatoms. The van der Waals surface area contributed by atoms with Crippen LogP contribution in [0.2, 0.25) is 10.0 Å². The van der Waals surface area contributed by atoms with Crippen LogP contribution in [0.3, 0.4) is 0 Å². The van der Waals surface area contributed by atoms with Gasteiger partial charge < -0.3 is 5.73 Å². The number of halogens is 3. The molecule has 0 radical (unpaired) electrons. The summed E-state index contributed by atoms with van der Waals surface area (Å²) in [6, 6.07) is 10.9. The first kappa shape index (κ1) is 14.7. The van der Waals surface area contributed by atoms with Gasteiger partial charge in [-0.3, -0.25) is 5.41 Å². The summed E-state index contributed by atoms with van der Waals surface area (Å²) < 4.78 is 0.781. The van der Waals surface area contributed by atoms with Crippen LogP contribution in [0.15, 0.2) is 50.7 Å². The standard InChI is InChI=1S/C13H9BrCl2N2S/c14-10-6-8(2-3-9(10)13(17)18)19-12-5-7(15)1-4-11(12)16/h1-6H,(H3,17,18). The van der Waals surface area contributed by atoms with Gasteiger partial charge in [0, 0.05) is 24.8 Å². The highest BCUT2D eigenvalue weighted by molar-refractivity contribution is 9.10. The van der Waals surface area contributed by atoms with Crippen molar-refractivity contribution < 1.29 is 0 Å². The molecule has 2 nitrogen and oxygen atoms in total. The van der Waals surface area contributed by atoms with E-state index in [0.717, 1.165) is 14.3 Å². The maximum atomic E-state index is 7.43. The summed E-state index contributed by atoms with van der Waals surface area (Å²) in [5.74, 6) is 0.0317. The van der Waals surface area contributed by atoms with Gasteiger partial charge in [0.15, 0.2) is 0 Å². The molecule has 0 saturated carbocycles. The number of benzene rings is 2. The quantitative estimate of drug-likeness (QED) is 0.572. The molecule has 0 heterocycles. The maximum absolute atomic E-state index is 7.43. The summed E-state index contributed by atoms with van der Waals surface area (Å²) in [6.07, 6.45) is 0. The van der Waals surface area contributed by atoms with E-state index in [4.69, 9.17) is 34.3 Å². The van der Waals surface area contributed by atoms with Gasteiger partial charge in [-0.25, -0.2) is 0 Å². The van der Waals surface area contributed by atoms with E-state index < -0.39 is 0 Å². The van der Waals surface area contributed by atoms with Gasteiger partial charge >= 0.3 is 0 Å². The Balaban J connectivity index is 2.31. The molecule has 0 saturated heterocycles. The fourth-order valence-corrected chi connectivity index (χ4v) is 3.59. The fourth-order valence-electron chi connectivity index (χ4n) is 1.46. The predicted molar refractivity (Wildman–Crippen MR) is 85.7 cm³/mol. The van der Waals surface area contributed by atoms with E-state index in [2.05, 4.69) is 15.9 Å². The third-order valence-electron chi connectivity index (χ3n) is 2.35. The Bertz CT molecular complexity index is 647. The van der Waals surface area contributed by atoms with Gasteiger partial charge in [-0.15, -0.1) is 0 Å². The van der Waals surface area contributed by atoms with Crippen molar-refractivity contribution in [3.63, 3.8) is 0 Å². The lowest BCUT2D eigenvalue weighted by Gasteiger charge is -2.07. The normalized spacial score (nSPS) is 10.5. The highest BCUT2D eigenvalue weighted by Crippen LogP contribution is 2.36. The summed E-state index contributed by atoms with van der Waals surface area (Å²) in [4.78, 5) is 1.87. The minimum absolute atomic E-state index is 0.0317. The van der Waals surface area contributed by atoms with Crippen molar-refractivity contribution in [3.8, 4) is 0 Å². The second-order valence-electron chi connectivity index (χ2n) is 3.73. The average Bonchev–Trinajstić information content (AvgIpc) is 2.33. The molecule has 19 heavy (non-hydrogen) atoms. The van der Waals surface area contributed by atoms with Crippen LogP contribution < -0.4 is 5.73 Å². The van der Waals surface area contributed by atoms with Crippen LogP contribution in [0, 0.1) is 5.41 Å². The topological polar surface area (TPSA) is 49.9 Å². The van der Waals surface area contributed by atoms with E-state index in [0.29, 0.717) is 15.6 Å². The van der Waals surface area contributed by atoms with Gasteiger partial charge in [0.2, 0.25) is 0 Å². The number of nitrogens with one attached hydrogen (secondary N) is 1. The third kappa shape index (κ3) is 3.66. The van der Waals surface area contributed by atoms with E-state index in [1.165, 1.54) is 11.8 Å². The number of rotatable bonds is 3. The number of hydrogen-bond donors (Lipinski definition) is 2. The zero-order valence-electron chi connectivity index (χ0n) is 9.58. The monoisotopic (exact) mass is 374 g/mol. The maximum Gasteiger partial charge on any atom is 0.123 e. The zero-order chi connectivity index (χ0) is 14.0. The lowest BCUT2D eigenvalue weighted by molar-refractivity contribution is 1.35. The molecule has 0 atom stereocenters. The summed E-state index contributed by atoms with van der Waals surface area (Å²) in [6.45, 7) is 0. The van der Waals surface area contributed by atoms with E-state index in [1.807, 2.05) is 18.2 Å². The Labute approximate surface area is 133 Å². The Hall–Kier alpha value is -0.680. The second-order valence-corrected chi connectivity index (χ2v) is 6.55. The van der Waals surface area contributed by atoms with Gasteiger partial charge in [-0.2, -0.15) is 0 Å². The van der Waals surface area contributed by atoms with Crippen LogP contribution in [-0.4, -0.2) is 5.84 Å². The van der Waals surface area contributed by atoms with Crippen LogP contribution >= 0.6 is 50.9 Å². The van der Waals surface area contributed by atoms with E-state index in [9.17, 15) is 0 Å². The Morgan fingerprint density at radius 2 is 1.89 bits per heavy atom. The molecule has 2 aromatic rings. The molecule has 0 aliphatic heterocycles. The van der Waals surface area contributed by atoms with Crippen molar-refractivity contribution in [1.29, 1.82) is 5.41 Å². The van der Waals surface area contributed by atoms with Gasteiger partial charge in [-0.1, -0.05) is 35.0 Å². The van der Waals surface area contributed by atoms with Gasteiger partial charge in [0.25, 0.3) is 0 Å². The Morgan fingerprint density at radius 3 is 2.53 bits per heavy atom. The molecular formula is C13H9BrCl2N2S. The summed E-state index contributed by atoms with van der Waals surface area (Å²) in [7, 11) is 0. The molecule has 0 unspecified atom stereocenters. The smallest absolute Gasteiger partial charge is 0.123 e. The van der Waals surface area contributed by atoms with Crippen molar-refractivity contribution in [2.45, 2.75) is 9.79 Å².